The maximum atomic E-state index is 5.71. The number of hydrogen-bond donors (Lipinski definition) is 3. The fraction of sp³-hybridized carbons (Fsp3) is 0.123. The third kappa shape index (κ3) is 23.4. The molecular formula is C114H108N12OS2. The molecule has 0 atom stereocenters. The van der Waals surface area contributed by atoms with Crippen molar-refractivity contribution in [1.82, 2.24) is 19.9 Å². The molecule has 0 spiro atoms. The largest absolute Gasteiger partial charge is 0.453 e. The van der Waals surface area contributed by atoms with E-state index in [0.29, 0.717) is 0 Å². The number of nitrogens with one attached hydrogen (secondary N) is 3. The number of benzene rings is 13. The molecule has 129 heavy (non-hydrogen) atoms. The van der Waals surface area contributed by atoms with Gasteiger partial charge in [0.2, 0.25) is 0 Å². The lowest BCUT2D eigenvalue weighted by molar-refractivity contribution is 0.481. The van der Waals surface area contributed by atoms with Crippen LogP contribution < -0.4 is 45.2 Å². The minimum absolute atomic E-state index is 0.881. The topological polar surface area (TPSA) is 113 Å². The predicted octanol–water partition coefficient (Wildman–Crippen LogP) is 30.2. The van der Waals surface area contributed by atoms with Crippen LogP contribution in [-0.4, -0.2) is 47.7 Å². The van der Waals surface area contributed by atoms with Gasteiger partial charge in [-0.25, -0.2) is 0 Å². The van der Waals surface area contributed by atoms with Gasteiger partial charge in [-0.1, -0.05) is 253 Å². The van der Waals surface area contributed by atoms with Crippen LogP contribution in [-0.2, 0) is 13.1 Å². The number of nitrogens with zero attached hydrogens (tertiary/aromatic N) is 9. The summed E-state index contributed by atoms with van der Waals surface area (Å²) in [6, 6.07) is 127. The van der Waals surface area contributed by atoms with Crippen molar-refractivity contribution in [2.24, 2.45) is 0 Å². The molecule has 15 heteroatoms. The summed E-state index contributed by atoms with van der Waals surface area (Å²) in [6.07, 6.45) is 9.74. The molecule has 13 aromatic carbocycles. The Balaban J connectivity index is 0.000000111. The lowest BCUT2D eigenvalue weighted by Crippen LogP contribution is -2.46. The number of para-hydroxylation sites is 14. The summed E-state index contributed by atoms with van der Waals surface area (Å²) in [7, 11) is 6.35. The Kier molecular flexibility index (Phi) is 29.9. The van der Waals surface area contributed by atoms with Gasteiger partial charge < -0.3 is 45.2 Å². The summed E-state index contributed by atoms with van der Waals surface area (Å²) >= 11 is 3.66. The molecule has 0 saturated carbocycles. The average molecular weight is 1730 g/mol. The van der Waals surface area contributed by atoms with Crippen LogP contribution in [0.4, 0.5) is 79.6 Å². The average Bonchev–Trinajstić information content (AvgIpc) is 1.00. The van der Waals surface area contributed by atoms with Crippen molar-refractivity contribution < 1.29 is 4.74 Å². The van der Waals surface area contributed by atoms with Crippen molar-refractivity contribution in [1.29, 1.82) is 0 Å². The smallest absolute Gasteiger partial charge is 0.150 e. The minimum atomic E-state index is 0.881. The molecule has 7 aliphatic heterocycles. The Morgan fingerprint density at radius 1 is 0.279 bits per heavy atom. The van der Waals surface area contributed by atoms with Gasteiger partial charge >= 0.3 is 0 Å². The molecule has 0 unspecified atom stereocenters. The SMILES string of the molecule is C1=Cc2ccccc2Nc2ccccc21.CN1c2ccccc2N(C)c2ccccc21.CN1c2ccccc2Sc2ccccc21.Cc1cc(C)nc(C)c1.Cc1ccc2c(c1)CN1CN2Cc2cc(C)ccc21.Cc1cccc(C)n1.Cc1ccccn1.c1ccc(-c2cccnc2)cc1.c1ccc2c(c1)Nc1ccccc1O2.c1ccc2c(c1)Nc1ccccc1S2. The fourth-order valence-corrected chi connectivity index (χ4v) is 18.0. The number of anilines is 14. The van der Waals surface area contributed by atoms with Gasteiger partial charge in [-0.15, -0.1) is 0 Å². The van der Waals surface area contributed by atoms with E-state index in [4.69, 9.17) is 4.74 Å². The number of pyridine rings is 4. The second-order valence-electron chi connectivity index (χ2n) is 32.0. The van der Waals surface area contributed by atoms with Gasteiger partial charge in [0.1, 0.15) is 0 Å². The molecule has 0 saturated heterocycles. The first kappa shape index (κ1) is 88.9. The van der Waals surface area contributed by atoms with Gasteiger partial charge in [0.05, 0.1) is 63.5 Å². The van der Waals surface area contributed by atoms with E-state index in [1.54, 1.807) is 12.4 Å². The Labute approximate surface area is 769 Å². The van der Waals surface area contributed by atoms with Gasteiger partial charge in [-0.2, -0.15) is 0 Å². The number of aromatic nitrogens is 4. The molecule has 0 radical (unpaired) electrons. The van der Waals surface area contributed by atoms with Gasteiger partial charge in [-0.3, -0.25) is 19.9 Å². The number of fused-ring (bicyclic) bond motifs is 16. The molecule has 3 N–H and O–H groups in total. The maximum absolute atomic E-state index is 5.71. The highest BCUT2D eigenvalue weighted by atomic mass is 32.2. The Morgan fingerprint density at radius 3 is 1.09 bits per heavy atom. The maximum Gasteiger partial charge on any atom is 0.150 e. The molecule has 0 amide bonds. The molecule has 0 aliphatic carbocycles. The predicted molar refractivity (Wildman–Crippen MR) is 546 cm³/mol. The zero-order valence-corrected chi connectivity index (χ0v) is 76.6. The van der Waals surface area contributed by atoms with Gasteiger partial charge in [-0.05, 0) is 258 Å². The number of hydrogen-bond acceptors (Lipinski definition) is 15. The molecule has 4 aromatic heterocycles. The third-order valence-electron chi connectivity index (χ3n) is 22.1. The van der Waals surface area contributed by atoms with Crippen molar-refractivity contribution >= 4 is 115 Å². The first-order valence-corrected chi connectivity index (χ1v) is 45.1. The molecule has 2 bridgehead atoms. The molecule has 7 aliphatic rings. The summed E-state index contributed by atoms with van der Waals surface area (Å²) < 4.78 is 5.71. The fourth-order valence-electron chi connectivity index (χ4n) is 15.9. The van der Waals surface area contributed by atoms with Crippen LogP contribution in [0.2, 0.25) is 0 Å². The van der Waals surface area contributed by atoms with E-state index in [1.807, 2.05) is 186 Å². The second-order valence-corrected chi connectivity index (χ2v) is 34.2. The lowest BCUT2D eigenvalue weighted by atomic mass is 9.99. The highest BCUT2D eigenvalue weighted by molar-refractivity contribution is 8.00. The third-order valence-corrected chi connectivity index (χ3v) is 24.4. The zero-order valence-electron chi connectivity index (χ0n) is 75.0. The lowest BCUT2D eigenvalue weighted by Gasteiger charge is -2.45. The molecule has 24 rings (SSSR count). The highest BCUT2D eigenvalue weighted by Crippen LogP contribution is 2.49. The highest BCUT2D eigenvalue weighted by Gasteiger charge is 2.30. The Bertz CT molecular complexity index is 6030. The number of ether oxygens (including phenoxy) is 1. The first-order chi connectivity index (χ1) is 63.0. The standard InChI is InChI=1S/C17H18N2.C14H14N2.C14H11N.C13H11NS.C12H9NO.C12H9NS.C11H9N.C8H11N.C7H9N.C6H7N/c1-12-3-5-16-14(7-12)9-18-11-19(16)10-15-8-13(2)4-6-17(15)18;1-15-11-7-3-5-9-13(11)16(2)14-10-6-4-8-12(14)15;1-3-7-13-11(5-1)9-10-12-6-2-4-8-14(12)15-13;1-14-10-6-2-4-8-12(10)15-13-9-5-3-7-11(13)14;2*1-3-7-11-9(5-1)13-10-6-2-4-8-12(10)14-11;1-2-5-10(6-3-1)11-7-4-8-12-9-11;1-6-4-7(2)9-8(3)5-6;1-6-4-3-5-7(2)8-6;1-6-4-2-3-5-7-6/h3-8H,9-11H2,1-2H3;3-10H,1-2H3;1-10,15H;2-9H,1H3;2*1-8,13H;1-9H;4-5H,1-3H3;3-5H,1-2H3;2-5H,1H3. The van der Waals surface area contributed by atoms with E-state index in [0.717, 1.165) is 76.7 Å². The Hall–Kier alpha value is -14.9. The summed E-state index contributed by atoms with van der Waals surface area (Å²) in [6.45, 7) is 19.5. The van der Waals surface area contributed by atoms with E-state index in [2.05, 4.69) is 363 Å². The molecule has 17 aromatic rings. The first-order valence-electron chi connectivity index (χ1n) is 43.5. The molecule has 13 nitrogen and oxygen atoms in total. The summed E-state index contributed by atoms with van der Waals surface area (Å²) in [4.78, 5) is 33.4. The van der Waals surface area contributed by atoms with Crippen LogP contribution in [0.1, 0.15) is 67.4 Å². The summed E-state index contributed by atoms with van der Waals surface area (Å²) in [5.41, 5.74) is 34.4. The summed E-state index contributed by atoms with van der Waals surface area (Å²) in [5.74, 6) is 1.76. The Morgan fingerprint density at radius 2 is 0.651 bits per heavy atom. The van der Waals surface area contributed by atoms with E-state index in [1.165, 1.54) is 132 Å². The second kappa shape index (κ2) is 43.3. The molecule has 0 fully saturated rings. The monoisotopic (exact) mass is 1720 g/mol. The van der Waals surface area contributed by atoms with Crippen LogP contribution in [0.25, 0.3) is 23.3 Å². The van der Waals surface area contributed by atoms with Crippen LogP contribution in [0.3, 0.4) is 0 Å². The van der Waals surface area contributed by atoms with Gasteiger partial charge in [0.15, 0.2) is 11.5 Å². The van der Waals surface area contributed by atoms with Crippen molar-refractivity contribution in [2.45, 2.75) is 88.1 Å². The van der Waals surface area contributed by atoms with Crippen LogP contribution in [0.15, 0.2) is 408 Å². The van der Waals surface area contributed by atoms with Crippen molar-refractivity contribution in [2.75, 3.05) is 68.3 Å². The quantitative estimate of drug-likeness (QED) is 0.145. The van der Waals surface area contributed by atoms with E-state index in [9.17, 15) is 0 Å². The molecular weight excluding hydrogens is 1620 g/mol. The van der Waals surface area contributed by atoms with Gasteiger partial charge in [0, 0.05) is 124 Å². The molecule has 11 heterocycles. The van der Waals surface area contributed by atoms with Crippen LogP contribution in [0, 0.1) is 55.4 Å². The molecule has 642 valence electrons. The van der Waals surface area contributed by atoms with E-state index < -0.39 is 0 Å². The van der Waals surface area contributed by atoms with Crippen LogP contribution >= 0.6 is 23.5 Å². The number of rotatable bonds is 1. The van der Waals surface area contributed by atoms with Crippen molar-refractivity contribution in [3.63, 3.8) is 0 Å². The van der Waals surface area contributed by atoms with Crippen molar-refractivity contribution in [3.05, 3.63) is 456 Å². The normalized spacial score (nSPS) is 12.3. The van der Waals surface area contributed by atoms with Crippen molar-refractivity contribution in [3.8, 4) is 22.6 Å². The summed E-state index contributed by atoms with van der Waals surface area (Å²) in [5, 5.41) is 10.2. The van der Waals surface area contributed by atoms with Crippen LogP contribution in [0.5, 0.6) is 11.5 Å². The van der Waals surface area contributed by atoms with E-state index >= 15 is 0 Å². The zero-order chi connectivity index (χ0) is 89.4. The minimum Gasteiger partial charge on any atom is -0.453 e. The van der Waals surface area contributed by atoms with E-state index in [-0.39, 0.29) is 0 Å². The number of aryl methyl sites for hydroxylation is 8. The van der Waals surface area contributed by atoms with Gasteiger partial charge in [0.25, 0.3) is 0 Å².